The predicted octanol–water partition coefficient (Wildman–Crippen LogP) is 3.83. The maximum Gasteiger partial charge on any atom is 0.226 e. The number of nitrogens with zero attached hydrogens (tertiary/aromatic N) is 2. The summed E-state index contributed by atoms with van der Waals surface area (Å²) in [6.07, 6.45) is 2.59. The molecule has 2 aromatic rings. The van der Waals surface area contributed by atoms with Crippen LogP contribution in [-0.2, 0) is 6.42 Å². The zero-order chi connectivity index (χ0) is 13.8. The summed E-state index contributed by atoms with van der Waals surface area (Å²) in [5.41, 5.74) is 1.94. The number of hydrogen-bond acceptors (Lipinski definition) is 4. The highest BCUT2D eigenvalue weighted by molar-refractivity contribution is 6.31. The monoisotopic (exact) mass is 277 g/mol. The molecule has 1 aromatic carbocycles. The summed E-state index contributed by atoms with van der Waals surface area (Å²) in [6.45, 7) is 3.96. The number of anilines is 1. The van der Waals surface area contributed by atoms with Crippen LogP contribution in [0, 0.1) is 6.92 Å². The van der Waals surface area contributed by atoms with Crippen molar-refractivity contribution in [1.82, 2.24) is 9.97 Å². The van der Waals surface area contributed by atoms with Gasteiger partial charge in [-0.05, 0) is 37.1 Å². The largest absolute Gasteiger partial charge is 0.439 e. The summed E-state index contributed by atoms with van der Waals surface area (Å²) in [6, 6.07) is 5.61. The van der Waals surface area contributed by atoms with Gasteiger partial charge in [-0.15, -0.1) is 0 Å². The van der Waals surface area contributed by atoms with Gasteiger partial charge in [0.25, 0.3) is 0 Å². The Labute approximate surface area is 117 Å². The van der Waals surface area contributed by atoms with E-state index < -0.39 is 0 Å². The van der Waals surface area contributed by atoms with Gasteiger partial charge in [0.15, 0.2) is 0 Å². The van der Waals surface area contributed by atoms with E-state index in [9.17, 15) is 0 Å². The lowest BCUT2D eigenvalue weighted by atomic mass is 10.1. The van der Waals surface area contributed by atoms with Gasteiger partial charge < -0.3 is 10.1 Å². The second-order valence-corrected chi connectivity index (χ2v) is 4.55. The Morgan fingerprint density at radius 3 is 2.84 bits per heavy atom. The molecule has 0 amide bonds. The summed E-state index contributed by atoms with van der Waals surface area (Å²) >= 11 is 6.09. The topological polar surface area (TPSA) is 47.0 Å². The van der Waals surface area contributed by atoms with Crippen LogP contribution in [0.1, 0.15) is 18.1 Å². The van der Waals surface area contributed by atoms with Gasteiger partial charge >= 0.3 is 0 Å². The minimum Gasteiger partial charge on any atom is -0.439 e. The van der Waals surface area contributed by atoms with Gasteiger partial charge in [0.2, 0.25) is 11.8 Å². The van der Waals surface area contributed by atoms with Gasteiger partial charge in [-0.1, -0.05) is 18.5 Å². The zero-order valence-corrected chi connectivity index (χ0v) is 12.0. The van der Waals surface area contributed by atoms with Crippen LogP contribution in [-0.4, -0.2) is 17.0 Å². The van der Waals surface area contributed by atoms with E-state index in [1.165, 1.54) is 0 Å². The second-order valence-electron chi connectivity index (χ2n) is 4.14. The quantitative estimate of drug-likeness (QED) is 0.922. The van der Waals surface area contributed by atoms with Gasteiger partial charge in [-0.3, -0.25) is 0 Å². The van der Waals surface area contributed by atoms with Crippen LogP contribution in [0.2, 0.25) is 5.02 Å². The SMILES string of the molecule is CCc1cc(Oc2nc(NC)ncc2C)ccc1Cl. The van der Waals surface area contributed by atoms with Crippen LogP contribution >= 0.6 is 11.6 Å². The molecule has 0 atom stereocenters. The molecule has 0 radical (unpaired) electrons. The lowest BCUT2D eigenvalue weighted by Gasteiger charge is -2.10. The Morgan fingerprint density at radius 1 is 1.37 bits per heavy atom. The van der Waals surface area contributed by atoms with E-state index in [1.54, 1.807) is 13.2 Å². The molecule has 0 aliphatic carbocycles. The molecule has 0 aliphatic rings. The second kappa shape index (κ2) is 5.89. The molecule has 0 fully saturated rings. The summed E-state index contributed by atoms with van der Waals surface area (Å²) in [5, 5.41) is 3.64. The molecule has 100 valence electrons. The fourth-order valence-corrected chi connectivity index (χ4v) is 1.90. The van der Waals surface area contributed by atoms with Crippen LogP contribution in [0.5, 0.6) is 11.6 Å². The molecule has 1 N–H and O–H groups in total. The molecule has 0 aliphatic heterocycles. The molecule has 0 saturated carbocycles. The first-order valence-electron chi connectivity index (χ1n) is 6.11. The van der Waals surface area contributed by atoms with Crippen molar-refractivity contribution < 1.29 is 4.74 Å². The molecule has 2 rings (SSSR count). The minimum atomic E-state index is 0.533. The fourth-order valence-electron chi connectivity index (χ4n) is 1.65. The number of halogens is 1. The van der Waals surface area contributed by atoms with Crippen molar-refractivity contribution >= 4 is 17.5 Å². The van der Waals surface area contributed by atoms with E-state index in [2.05, 4.69) is 22.2 Å². The van der Waals surface area contributed by atoms with Gasteiger partial charge in [0, 0.05) is 23.8 Å². The number of aryl methyl sites for hydroxylation is 2. The average Bonchev–Trinajstić information content (AvgIpc) is 2.43. The van der Waals surface area contributed by atoms with Crippen molar-refractivity contribution in [2.45, 2.75) is 20.3 Å². The van der Waals surface area contributed by atoms with Crippen molar-refractivity contribution in [2.75, 3.05) is 12.4 Å². The molecule has 19 heavy (non-hydrogen) atoms. The third-order valence-electron chi connectivity index (χ3n) is 2.76. The maximum atomic E-state index is 6.09. The van der Waals surface area contributed by atoms with Crippen molar-refractivity contribution in [3.63, 3.8) is 0 Å². The van der Waals surface area contributed by atoms with Gasteiger partial charge in [-0.25, -0.2) is 4.98 Å². The third kappa shape index (κ3) is 3.15. The Balaban J connectivity index is 2.30. The number of hydrogen-bond donors (Lipinski definition) is 1. The highest BCUT2D eigenvalue weighted by Gasteiger charge is 2.07. The van der Waals surface area contributed by atoms with Crippen LogP contribution in [0.3, 0.4) is 0 Å². The number of benzene rings is 1. The van der Waals surface area contributed by atoms with E-state index in [0.29, 0.717) is 11.8 Å². The lowest BCUT2D eigenvalue weighted by Crippen LogP contribution is -2.00. The first kappa shape index (κ1) is 13.6. The number of rotatable bonds is 4. The Bertz CT molecular complexity index is 587. The third-order valence-corrected chi connectivity index (χ3v) is 3.13. The standard InChI is InChI=1S/C14H16ClN3O/c1-4-10-7-11(5-6-12(10)15)19-13-9(2)8-17-14(16-3)18-13/h5-8H,4H2,1-3H3,(H,16,17,18). The lowest BCUT2D eigenvalue weighted by molar-refractivity contribution is 0.457. The van der Waals surface area contributed by atoms with Gasteiger partial charge in [0.05, 0.1) is 0 Å². The number of aromatic nitrogens is 2. The van der Waals surface area contributed by atoms with Crippen LogP contribution < -0.4 is 10.1 Å². The number of ether oxygens (including phenoxy) is 1. The average molecular weight is 278 g/mol. The number of nitrogens with one attached hydrogen (secondary N) is 1. The highest BCUT2D eigenvalue weighted by Crippen LogP contribution is 2.27. The van der Waals surface area contributed by atoms with Crippen LogP contribution in [0.15, 0.2) is 24.4 Å². The van der Waals surface area contributed by atoms with E-state index >= 15 is 0 Å². The molecule has 1 heterocycles. The normalized spacial score (nSPS) is 10.3. The fraction of sp³-hybridized carbons (Fsp3) is 0.286. The van der Waals surface area contributed by atoms with Gasteiger partial charge in [-0.2, -0.15) is 4.98 Å². The zero-order valence-electron chi connectivity index (χ0n) is 11.2. The highest BCUT2D eigenvalue weighted by atomic mass is 35.5. The van der Waals surface area contributed by atoms with Crippen molar-refractivity contribution in [1.29, 1.82) is 0 Å². The summed E-state index contributed by atoms with van der Waals surface area (Å²) in [4.78, 5) is 8.41. The molecule has 0 saturated heterocycles. The van der Waals surface area contributed by atoms with Crippen LogP contribution in [0.4, 0.5) is 5.95 Å². The maximum absolute atomic E-state index is 6.09. The van der Waals surface area contributed by atoms with Crippen molar-refractivity contribution in [3.05, 3.63) is 40.5 Å². The Kier molecular flexibility index (Phi) is 4.22. The Morgan fingerprint density at radius 2 is 2.16 bits per heavy atom. The first-order valence-corrected chi connectivity index (χ1v) is 6.49. The molecule has 5 heteroatoms. The van der Waals surface area contributed by atoms with Gasteiger partial charge in [0.1, 0.15) is 5.75 Å². The van der Waals surface area contributed by atoms with E-state index in [0.717, 1.165) is 28.3 Å². The summed E-state index contributed by atoms with van der Waals surface area (Å²) < 4.78 is 5.80. The Hall–Kier alpha value is -1.81. The van der Waals surface area contributed by atoms with E-state index in [-0.39, 0.29) is 0 Å². The molecule has 0 bridgehead atoms. The molecule has 0 spiro atoms. The molecule has 4 nitrogen and oxygen atoms in total. The molecule has 0 unspecified atom stereocenters. The predicted molar refractivity (Wildman–Crippen MR) is 77.2 cm³/mol. The smallest absolute Gasteiger partial charge is 0.226 e. The van der Waals surface area contributed by atoms with E-state index in [4.69, 9.17) is 16.3 Å². The summed E-state index contributed by atoms with van der Waals surface area (Å²) in [5.74, 6) is 1.80. The van der Waals surface area contributed by atoms with Crippen molar-refractivity contribution in [3.8, 4) is 11.6 Å². The summed E-state index contributed by atoms with van der Waals surface area (Å²) in [7, 11) is 1.77. The van der Waals surface area contributed by atoms with Crippen LogP contribution in [0.25, 0.3) is 0 Å². The minimum absolute atomic E-state index is 0.533. The molecular weight excluding hydrogens is 262 g/mol. The molecular formula is C14H16ClN3O. The molecule has 1 aromatic heterocycles. The first-order chi connectivity index (χ1) is 9.13. The van der Waals surface area contributed by atoms with E-state index in [1.807, 2.05) is 25.1 Å². The van der Waals surface area contributed by atoms with Crippen molar-refractivity contribution in [2.24, 2.45) is 0 Å².